The Morgan fingerprint density at radius 3 is 3.10 bits per heavy atom. The van der Waals surface area contributed by atoms with Gasteiger partial charge in [0.05, 0.1) is 18.2 Å². The third-order valence-corrected chi connectivity index (χ3v) is 4.71. The minimum absolute atomic E-state index is 0.0761. The molecule has 0 aliphatic heterocycles. The Morgan fingerprint density at radius 1 is 1.55 bits per heavy atom. The molecule has 0 radical (unpaired) electrons. The van der Waals surface area contributed by atoms with E-state index in [1.807, 2.05) is 22.2 Å². The first kappa shape index (κ1) is 13.6. The Kier molecular flexibility index (Phi) is 4.03. The highest BCUT2D eigenvalue weighted by Crippen LogP contribution is 2.27. The van der Waals surface area contributed by atoms with E-state index in [-0.39, 0.29) is 12.3 Å². The zero-order chi connectivity index (χ0) is 13.9. The number of nitrogens with zero attached hydrogens (tertiary/aromatic N) is 2. The summed E-state index contributed by atoms with van der Waals surface area (Å²) in [6, 6.07) is 0. The zero-order valence-corrected chi connectivity index (χ0v) is 12.1. The molecule has 1 unspecified atom stereocenters. The Bertz CT molecular complexity index is 558. The summed E-state index contributed by atoms with van der Waals surface area (Å²) in [6.45, 7) is 0.353. The van der Waals surface area contributed by atoms with Gasteiger partial charge in [-0.3, -0.25) is 9.20 Å². The second-order valence-electron chi connectivity index (χ2n) is 5.42. The summed E-state index contributed by atoms with van der Waals surface area (Å²) in [5, 5.41) is 14.8. The van der Waals surface area contributed by atoms with Crippen LogP contribution >= 0.6 is 11.3 Å². The highest BCUT2D eigenvalue weighted by Gasteiger charge is 2.23. The molecular formula is C14H19N3O2S. The summed E-state index contributed by atoms with van der Waals surface area (Å²) in [6.07, 6.45) is 8.21. The molecule has 3 rings (SSSR count). The quantitative estimate of drug-likeness (QED) is 0.880. The SMILES string of the molecule is O=C(Cc1cn2ccsc2n1)NCC(O)C1CCCC1. The molecule has 0 bridgehead atoms. The van der Waals surface area contributed by atoms with E-state index in [0.29, 0.717) is 12.5 Å². The Labute approximate surface area is 121 Å². The molecule has 2 N–H and O–H groups in total. The number of carbonyl (C=O) groups excluding carboxylic acids is 1. The lowest BCUT2D eigenvalue weighted by molar-refractivity contribution is -0.121. The molecule has 5 nitrogen and oxygen atoms in total. The number of hydrogen-bond donors (Lipinski definition) is 2. The van der Waals surface area contributed by atoms with Gasteiger partial charge < -0.3 is 10.4 Å². The van der Waals surface area contributed by atoms with Crippen LogP contribution in [0.15, 0.2) is 17.8 Å². The molecular weight excluding hydrogens is 274 g/mol. The molecule has 1 fully saturated rings. The molecule has 2 aromatic heterocycles. The fourth-order valence-corrected chi connectivity index (χ4v) is 3.53. The number of fused-ring (bicyclic) bond motifs is 1. The molecule has 1 aliphatic rings. The third-order valence-electron chi connectivity index (χ3n) is 3.94. The van der Waals surface area contributed by atoms with Crippen LogP contribution in [0.5, 0.6) is 0 Å². The van der Waals surface area contributed by atoms with Gasteiger partial charge >= 0.3 is 0 Å². The molecule has 1 amide bonds. The molecule has 6 heteroatoms. The monoisotopic (exact) mass is 293 g/mol. The van der Waals surface area contributed by atoms with Gasteiger partial charge in [-0.05, 0) is 18.8 Å². The van der Waals surface area contributed by atoms with Crippen molar-refractivity contribution in [3.8, 4) is 0 Å². The fraction of sp³-hybridized carbons (Fsp3) is 0.571. The number of thiazole rings is 1. The van der Waals surface area contributed by atoms with Crippen LogP contribution in [0.1, 0.15) is 31.4 Å². The maximum absolute atomic E-state index is 11.9. The van der Waals surface area contributed by atoms with Gasteiger partial charge in [-0.2, -0.15) is 0 Å². The van der Waals surface area contributed by atoms with Crippen molar-refractivity contribution in [3.05, 3.63) is 23.5 Å². The van der Waals surface area contributed by atoms with Crippen LogP contribution < -0.4 is 5.32 Å². The van der Waals surface area contributed by atoms with Gasteiger partial charge in [0.2, 0.25) is 5.91 Å². The standard InChI is InChI=1S/C14H19N3O2S/c18-12(10-3-1-2-4-10)8-15-13(19)7-11-9-17-5-6-20-14(17)16-11/h5-6,9-10,12,18H,1-4,7-8H2,(H,15,19). The maximum atomic E-state index is 11.9. The van der Waals surface area contributed by atoms with E-state index in [0.717, 1.165) is 23.5 Å². The largest absolute Gasteiger partial charge is 0.391 e. The lowest BCUT2D eigenvalue weighted by Crippen LogP contribution is -2.36. The van der Waals surface area contributed by atoms with Crippen molar-refractivity contribution in [1.29, 1.82) is 0 Å². The molecule has 1 atom stereocenters. The van der Waals surface area contributed by atoms with E-state index in [1.165, 1.54) is 12.8 Å². The predicted molar refractivity (Wildman–Crippen MR) is 77.7 cm³/mol. The Morgan fingerprint density at radius 2 is 2.35 bits per heavy atom. The van der Waals surface area contributed by atoms with Gasteiger partial charge in [0, 0.05) is 24.3 Å². The second kappa shape index (κ2) is 5.93. The summed E-state index contributed by atoms with van der Waals surface area (Å²) >= 11 is 1.55. The Hall–Kier alpha value is -1.40. The second-order valence-corrected chi connectivity index (χ2v) is 6.29. The maximum Gasteiger partial charge on any atom is 0.226 e. The number of imidazole rings is 1. The van der Waals surface area contributed by atoms with Crippen LogP contribution in [0.3, 0.4) is 0 Å². The highest BCUT2D eigenvalue weighted by atomic mass is 32.1. The number of aromatic nitrogens is 2. The molecule has 2 heterocycles. The van der Waals surface area contributed by atoms with Crippen LogP contribution in [0.4, 0.5) is 0 Å². The molecule has 0 spiro atoms. The number of aliphatic hydroxyl groups is 1. The number of rotatable bonds is 5. The molecule has 0 aromatic carbocycles. The van der Waals surface area contributed by atoms with E-state index >= 15 is 0 Å². The summed E-state index contributed by atoms with van der Waals surface area (Å²) in [4.78, 5) is 17.1. The number of aliphatic hydroxyl groups excluding tert-OH is 1. The molecule has 20 heavy (non-hydrogen) atoms. The van der Waals surface area contributed by atoms with Crippen molar-refractivity contribution in [3.63, 3.8) is 0 Å². The van der Waals surface area contributed by atoms with Crippen LogP contribution in [0.25, 0.3) is 4.96 Å². The third kappa shape index (κ3) is 3.02. The highest BCUT2D eigenvalue weighted by molar-refractivity contribution is 7.15. The molecule has 108 valence electrons. The summed E-state index contributed by atoms with van der Waals surface area (Å²) in [5.41, 5.74) is 0.768. The van der Waals surface area contributed by atoms with Crippen LogP contribution in [-0.4, -0.2) is 33.0 Å². The zero-order valence-electron chi connectivity index (χ0n) is 11.3. The van der Waals surface area contributed by atoms with Crippen molar-refractivity contribution in [2.24, 2.45) is 5.92 Å². The van der Waals surface area contributed by atoms with Crippen molar-refractivity contribution in [2.45, 2.75) is 38.2 Å². The average molecular weight is 293 g/mol. The number of carbonyl (C=O) groups is 1. The fourth-order valence-electron chi connectivity index (χ4n) is 2.82. The minimum Gasteiger partial charge on any atom is -0.391 e. The summed E-state index contributed by atoms with van der Waals surface area (Å²) in [5.74, 6) is 0.279. The molecule has 1 saturated carbocycles. The van der Waals surface area contributed by atoms with Gasteiger partial charge in [0.1, 0.15) is 0 Å². The van der Waals surface area contributed by atoms with E-state index in [4.69, 9.17) is 0 Å². The average Bonchev–Trinajstić information content (AvgIpc) is 3.11. The van der Waals surface area contributed by atoms with Crippen molar-refractivity contribution in [1.82, 2.24) is 14.7 Å². The van der Waals surface area contributed by atoms with Crippen LogP contribution in [0.2, 0.25) is 0 Å². The normalized spacial score (nSPS) is 17.6. The van der Waals surface area contributed by atoms with Gasteiger partial charge in [0.25, 0.3) is 0 Å². The molecule has 2 aromatic rings. The lowest BCUT2D eigenvalue weighted by Gasteiger charge is -2.17. The summed E-state index contributed by atoms with van der Waals surface area (Å²) in [7, 11) is 0. The van der Waals surface area contributed by atoms with E-state index in [2.05, 4.69) is 10.3 Å². The number of amides is 1. The van der Waals surface area contributed by atoms with Gasteiger partial charge in [-0.25, -0.2) is 4.98 Å². The first-order chi connectivity index (χ1) is 9.72. The Balaban J connectivity index is 1.48. The van der Waals surface area contributed by atoms with Crippen molar-refractivity contribution in [2.75, 3.05) is 6.54 Å². The predicted octanol–water partition coefficient (Wildman–Crippen LogP) is 1.61. The van der Waals surface area contributed by atoms with Crippen molar-refractivity contribution >= 4 is 22.2 Å². The van der Waals surface area contributed by atoms with E-state index in [1.54, 1.807) is 11.3 Å². The van der Waals surface area contributed by atoms with Crippen LogP contribution in [-0.2, 0) is 11.2 Å². The van der Waals surface area contributed by atoms with E-state index in [9.17, 15) is 9.90 Å². The van der Waals surface area contributed by atoms with Crippen LogP contribution in [0, 0.1) is 5.92 Å². The van der Waals surface area contributed by atoms with E-state index < -0.39 is 6.10 Å². The first-order valence-electron chi connectivity index (χ1n) is 7.08. The lowest BCUT2D eigenvalue weighted by atomic mass is 10.0. The topological polar surface area (TPSA) is 66.6 Å². The minimum atomic E-state index is -0.410. The summed E-state index contributed by atoms with van der Waals surface area (Å²) < 4.78 is 1.92. The smallest absolute Gasteiger partial charge is 0.226 e. The van der Waals surface area contributed by atoms with Crippen molar-refractivity contribution < 1.29 is 9.90 Å². The number of nitrogens with one attached hydrogen (secondary N) is 1. The number of hydrogen-bond acceptors (Lipinski definition) is 4. The van der Waals surface area contributed by atoms with Gasteiger partial charge in [0.15, 0.2) is 4.96 Å². The molecule has 1 aliphatic carbocycles. The van der Waals surface area contributed by atoms with Gasteiger partial charge in [-0.1, -0.05) is 12.8 Å². The van der Waals surface area contributed by atoms with Gasteiger partial charge in [-0.15, -0.1) is 11.3 Å². The first-order valence-corrected chi connectivity index (χ1v) is 7.96. The molecule has 0 saturated heterocycles.